The predicted molar refractivity (Wildman–Crippen MR) is 90.8 cm³/mol. The standard InChI is InChI=1S/C18H29N3/c1-5-9-18-20-16-10-7-8-11-17(16)21(18)15(4)13-14(3)19-12-6-2/h7-8,10-11,14-15,19H,5-6,9,12-13H2,1-4H3. The van der Waals surface area contributed by atoms with E-state index < -0.39 is 0 Å². The average Bonchev–Trinajstić information content (AvgIpc) is 2.83. The van der Waals surface area contributed by atoms with Crippen LogP contribution in [0.4, 0.5) is 0 Å². The summed E-state index contributed by atoms with van der Waals surface area (Å²) in [6.07, 6.45) is 4.51. The number of para-hydroxylation sites is 2. The molecule has 3 nitrogen and oxygen atoms in total. The molecule has 2 aromatic rings. The molecule has 1 aromatic heterocycles. The van der Waals surface area contributed by atoms with Crippen LogP contribution in [0.25, 0.3) is 11.0 Å². The first-order valence-electron chi connectivity index (χ1n) is 8.36. The van der Waals surface area contributed by atoms with Crippen molar-refractivity contribution in [2.24, 2.45) is 0 Å². The number of benzene rings is 1. The Kier molecular flexibility index (Phi) is 5.80. The highest BCUT2D eigenvalue weighted by Crippen LogP contribution is 2.24. The summed E-state index contributed by atoms with van der Waals surface area (Å²) in [5.41, 5.74) is 2.40. The van der Waals surface area contributed by atoms with Crippen molar-refractivity contribution in [2.45, 2.75) is 65.5 Å². The van der Waals surface area contributed by atoms with Crippen LogP contribution in [0, 0.1) is 0 Å². The number of imidazole rings is 1. The quantitative estimate of drug-likeness (QED) is 0.783. The highest BCUT2D eigenvalue weighted by molar-refractivity contribution is 5.76. The van der Waals surface area contributed by atoms with Gasteiger partial charge in [0.2, 0.25) is 0 Å². The third-order valence-electron chi connectivity index (χ3n) is 4.02. The molecule has 116 valence electrons. The Bertz CT molecular complexity index is 559. The lowest BCUT2D eigenvalue weighted by atomic mass is 10.1. The van der Waals surface area contributed by atoms with Crippen LogP contribution in [0.3, 0.4) is 0 Å². The van der Waals surface area contributed by atoms with Gasteiger partial charge in [-0.25, -0.2) is 4.98 Å². The van der Waals surface area contributed by atoms with E-state index in [9.17, 15) is 0 Å². The van der Waals surface area contributed by atoms with Crippen LogP contribution >= 0.6 is 0 Å². The largest absolute Gasteiger partial charge is 0.325 e. The first-order valence-corrected chi connectivity index (χ1v) is 8.36. The molecule has 0 spiro atoms. The molecule has 2 atom stereocenters. The third-order valence-corrected chi connectivity index (χ3v) is 4.02. The number of hydrogen-bond donors (Lipinski definition) is 1. The van der Waals surface area contributed by atoms with Crippen molar-refractivity contribution in [3.63, 3.8) is 0 Å². The Morgan fingerprint density at radius 2 is 1.90 bits per heavy atom. The molecule has 0 radical (unpaired) electrons. The normalized spacial score (nSPS) is 14.5. The van der Waals surface area contributed by atoms with Gasteiger partial charge in [0.05, 0.1) is 11.0 Å². The summed E-state index contributed by atoms with van der Waals surface area (Å²) in [4.78, 5) is 4.84. The van der Waals surface area contributed by atoms with Crippen LogP contribution in [0.2, 0.25) is 0 Å². The van der Waals surface area contributed by atoms with E-state index >= 15 is 0 Å². The summed E-state index contributed by atoms with van der Waals surface area (Å²) in [7, 11) is 0. The highest BCUT2D eigenvalue weighted by atomic mass is 15.1. The van der Waals surface area contributed by atoms with E-state index in [2.05, 4.69) is 61.8 Å². The maximum absolute atomic E-state index is 4.84. The smallest absolute Gasteiger partial charge is 0.110 e. The fraction of sp³-hybridized carbons (Fsp3) is 0.611. The summed E-state index contributed by atoms with van der Waals surface area (Å²) < 4.78 is 2.45. The molecule has 0 aliphatic carbocycles. The molecule has 0 saturated heterocycles. The van der Waals surface area contributed by atoms with Gasteiger partial charge in [-0.1, -0.05) is 26.0 Å². The first-order chi connectivity index (χ1) is 10.2. The van der Waals surface area contributed by atoms with Gasteiger partial charge in [0.25, 0.3) is 0 Å². The zero-order valence-corrected chi connectivity index (χ0v) is 13.9. The SMILES string of the molecule is CCCNC(C)CC(C)n1c(CCC)nc2ccccc21. The molecule has 2 rings (SSSR count). The van der Waals surface area contributed by atoms with Crippen molar-refractivity contribution in [2.75, 3.05) is 6.54 Å². The van der Waals surface area contributed by atoms with Crippen molar-refractivity contribution >= 4 is 11.0 Å². The van der Waals surface area contributed by atoms with Crippen molar-refractivity contribution in [3.8, 4) is 0 Å². The molecule has 3 heteroatoms. The van der Waals surface area contributed by atoms with E-state index in [0.29, 0.717) is 12.1 Å². The second-order valence-corrected chi connectivity index (χ2v) is 6.08. The van der Waals surface area contributed by atoms with Gasteiger partial charge in [0.15, 0.2) is 0 Å². The molecule has 1 N–H and O–H groups in total. The zero-order valence-electron chi connectivity index (χ0n) is 13.9. The number of aryl methyl sites for hydroxylation is 1. The van der Waals surface area contributed by atoms with Crippen LogP contribution in [-0.2, 0) is 6.42 Å². The molecule has 0 aliphatic rings. The van der Waals surface area contributed by atoms with E-state index in [4.69, 9.17) is 4.98 Å². The molecule has 0 bridgehead atoms. The number of nitrogens with one attached hydrogen (secondary N) is 1. The first kappa shape index (κ1) is 16.0. The van der Waals surface area contributed by atoms with Crippen molar-refractivity contribution in [1.29, 1.82) is 0 Å². The van der Waals surface area contributed by atoms with Gasteiger partial charge < -0.3 is 9.88 Å². The maximum atomic E-state index is 4.84. The summed E-state index contributed by atoms with van der Waals surface area (Å²) >= 11 is 0. The van der Waals surface area contributed by atoms with Gasteiger partial charge >= 0.3 is 0 Å². The Morgan fingerprint density at radius 1 is 1.14 bits per heavy atom. The molecular weight excluding hydrogens is 258 g/mol. The second kappa shape index (κ2) is 7.60. The van der Waals surface area contributed by atoms with Crippen molar-refractivity contribution in [3.05, 3.63) is 30.1 Å². The van der Waals surface area contributed by atoms with Crippen LogP contribution in [0.5, 0.6) is 0 Å². The number of aromatic nitrogens is 2. The van der Waals surface area contributed by atoms with Crippen LogP contribution in [-0.4, -0.2) is 22.1 Å². The van der Waals surface area contributed by atoms with Gasteiger partial charge in [-0.2, -0.15) is 0 Å². The average molecular weight is 287 g/mol. The van der Waals surface area contributed by atoms with E-state index in [1.165, 1.54) is 17.8 Å². The fourth-order valence-corrected chi connectivity index (χ4v) is 3.08. The molecule has 21 heavy (non-hydrogen) atoms. The number of nitrogens with zero attached hydrogens (tertiary/aromatic N) is 2. The van der Waals surface area contributed by atoms with Crippen molar-refractivity contribution in [1.82, 2.24) is 14.9 Å². The number of fused-ring (bicyclic) bond motifs is 1. The Morgan fingerprint density at radius 3 is 2.62 bits per heavy atom. The van der Waals surface area contributed by atoms with E-state index in [0.717, 1.165) is 31.3 Å². The van der Waals surface area contributed by atoms with Crippen LogP contribution in [0.1, 0.15) is 58.8 Å². The molecule has 0 aliphatic heterocycles. The lowest BCUT2D eigenvalue weighted by molar-refractivity contribution is 0.411. The Balaban J connectivity index is 2.23. The zero-order chi connectivity index (χ0) is 15.2. The summed E-state index contributed by atoms with van der Waals surface area (Å²) in [6, 6.07) is 9.51. The molecule has 2 unspecified atom stereocenters. The highest BCUT2D eigenvalue weighted by Gasteiger charge is 2.17. The lowest BCUT2D eigenvalue weighted by Crippen LogP contribution is -2.29. The van der Waals surface area contributed by atoms with E-state index in [1.54, 1.807) is 0 Å². The Hall–Kier alpha value is -1.35. The molecule has 1 heterocycles. The van der Waals surface area contributed by atoms with Gasteiger partial charge in [0.1, 0.15) is 5.82 Å². The van der Waals surface area contributed by atoms with Gasteiger partial charge in [0, 0.05) is 18.5 Å². The fourth-order valence-electron chi connectivity index (χ4n) is 3.08. The minimum atomic E-state index is 0.471. The minimum Gasteiger partial charge on any atom is -0.325 e. The monoisotopic (exact) mass is 287 g/mol. The number of rotatable bonds is 8. The summed E-state index contributed by atoms with van der Waals surface area (Å²) in [6.45, 7) is 10.1. The summed E-state index contributed by atoms with van der Waals surface area (Å²) in [5.74, 6) is 1.23. The Labute approximate surface area is 128 Å². The van der Waals surface area contributed by atoms with Gasteiger partial charge in [-0.15, -0.1) is 0 Å². The minimum absolute atomic E-state index is 0.471. The predicted octanol–water partition coefficient (Wildman–Crippen LogP) is 4.33. The van der Waals surface area contributed by atoms with E-state index in [-0.39, 0.29) is 0 Å². The third kappa shape index (κ3) is 3.85. The molecule has 0 fully saturated rings. The lowest BCUT2D eigenvalue weighted by Gasteiger charge is -2.22. The molecule has 0 amide bonds. The molecular formula is C18H29N3. The second-order valence-electron chi connectivity index (χ2n) is 6.08. The van der Waals surface area contributed by atoms with Gasteiger partial charge in [-0.05, 0) is 51.8 Å². The van der Waals surface area contributed by atoms with Crippen LogP contribution < -0.4 is 5.32 Å². The topological polar surface area (TPSA) is 29.9 Å². The van der Waals surface area contributed by atoms with Crippen LogP contribution in [0.15, 0.2) is 24.3 Å². The number of hydrogen-bond acceptors (Lipinski definition) is 2. The maximum Gasteiger partial charge on any atom is 0.110 e. The van der Waals surface area contributed by atoms with Gasteiger partial charge in [-0.3, -0.25) is 0 Å². The molecule has 0 saturated carbocycles. The molecule has 1 aromatic carbocycles. The van der Waals surface area contributed by atoms with E-state index in [1.807, 2.05) is 0 Å². The van der Waals surface area contributed by atoms with Crippen molar-refractivity contribution < 1.29 is 0 Å². The summed E-state index contributed by atoms with van der Waals surface area (Å²) in [5, 5.41) is 3.59.